The van der Waals surface area contributed by atoms with E-state index in [-0.39, 0.29) is 11.9 Å². The minimum absolute atomic E-state index is 0.00958. The number of nitrogens with two attached hydrogens (primary N) is 1. The van der Waals surface area contributed by atoms with Crippen LogP contribution in [0.15, 0.2) is 0 Å². The lowest BCUT2D eigenvalue weighted by Gasteiger charge is -2.21. The molecule has 1 unspecified atom stereocenters. The zero-order valence-corrected chi connectivity index (χ0v) is 11.2. The molecule has 6 nitrogen and oxygen atoms in total. The minimum atomic E-state index is -3.15. The molecule has 0 aliphatic carbocycles. The number of amides is 1. The van der Waals surface area contributed by atoms with Crippen LogP contribution in [0, 0.1) is 0 Å². The summed E-state index contributed by atoms with van der Waals surface area (Å²) in [5, 5.41) is 0. The van der Waals surface area contributed by atoms with Crippen LogP contribution in [0.2, 0.25) is 0 Å². The molecular formula is C10H21N3O3S. The lowest BCUT2D eigenvalue weighted by Crippen LogP contribution is -2.38. The second-order valence-corrected chi connectivity index (χ2v) is 6.56. The second kappa shape index (κ2) is 5.79. The molecule has 0 spiro atoms. The normalized spacial score (nSPS) is 21.0. The highest BCUT2D eigenvalue weighted by atomic mass is 32.2. The largest absolute Gasteiger partial charge is 0.341 e. The van der Waals surface area contributed by atoms with Gasteiger partial charge in [-0.25, -0.2) is 12.7 Å². The number of nitrogens with zero attached hydrogens (tertiary/aromatic N) is 2. The number of hydrogen-bond acceptors (Lipinski definition) is 4. The third-order valence-corrected chi connectivity index (χ3v) is 4.08. The van der Waals surface area contributed by atoms with E-state index >= 15 is 0 Å². The van der Waals surface area contributed by atoms with Crippen LogP contribution in [0.1, 0.15) is 19.8 Å². The fourth-order valence-electron chi connectivity index (χ4n) is 1.88. The van der Waals surface area contributed by atoms with Crippen molar-refractivity contribution in [3.63, 3.8) is 0 Å². The molecular weight excluding hydrogens is 242 g/mol. The van der Waals surface area contributed by atoms with Crippen molar-refractivity contribution in [2.45, 2.75) is 25.8 Å². The summed E-state index contributed by atoms with van der Waals surface area (Å²) in [4.78, 5) is 13.5. The van der Waals surface area contributed by atoms with E-state index in [0.717, 1.165) is 0 Å². The van der Waals surface area contributed by atoms with Crippen LogP contribution in [0.3, 0.4) is 0 Å². The lowest BCUT2D eigenvalue weighted by atomic mass is 10.2. The van der Waals surface area contributed by atoms with Gasteiger partial charge in [-0.15, -0.1) is 0 Å². The molecule has 1 atom stereocenters. The lowest BCUT2D eigenvalue weighted by molar-refractivity contribution is -0.131. The Hall–Kier alpha value is -0.660. The summed E-state index contributed by atoms with van der Waals surface area (Å²) >= 11 is 0. The summed E-state index contributed by atoms with van der Waals surface area (Å²) < 4.78 is 24.2. The maximum atomic E-state index is 11.8. The Morgan fingerprint density at radius 3 is 2.47 bits per heavy atom. The Kier molecular flexibility index (Phi) is 4.91. The molecule has 0 saturated carbocycles. The van der Waals surface area contributed by atoms with Gasteiger partial charge < -0.3 is 10.6 Å². The van der Waals surface area contributed by atoms with Crippen molar-refractivity contribution < 1.29 is 13.2 Å². The van der Waals surface area contributed by atoms with E-state index in [0.29, 0.717) is 39.0 Å². The molecule has 1 amide bonds. The van der Waals surface area contributed by atoms with E-state index in [1.165, 1.54) is 10.6 Å². The molecule has 1 saturated heterocycles. The van der Waals surface area contributed by atoms with E-state index in [2.05, 4.69) is 0 Å². The molecule has 1 aliphatic rings. The molecule has 0 radical (unpaired) electrons. The molecule has 17 heavy (non-hydrogen) atoms. The van der Waals surface area contributed by atoms with Crippen LogP contribution < -0.4 is 5.73 Å². The van der Waals surface area contributed by atoms with E-state index in [9.17, 15) is 13.2 Å². The summed E-state index contributed by atoms with van der Waals surface area (Å²) in [5.41, 5.74) is 5.58. The first-order chi connectivity index (χ1) is 7.80. The van der Waals surface area contributed by atoms with Gasteiger partial charge in [0.15, 0.2) is 0 Å². The van der Waals surface area contributed by atoms with Gasteiger partial charge in [0, 0.05) is 38.6 Å². The van der Waals surface area contributed by atoms with Crippen molar-refractivity contribution in [2.24, 2.45) is 5.73 Å². The van der Waals surface area contributed by atoms with Gasteiger partial charge in [-0.3, -0.25) is 4.79 Å². The number of hydrogen-bond donors (Lipinski definition) is 1. The summed E-state index contributed by atoms with van der Waals surface area (Å²) in [6, 6.07) is -0.156. The van der Waals surface area contributed by atoms with Crippen LogP contribution in [0.25, 0.3) is 0 Å². The van der Waals surface area contributed by atoms with E-state index in [1.807, 2.05) is 0 Å². The van der Waals surface area contributed by atoms with Crippen LogP contribution in [0.5, 0.6) is 0 Å². The van der Waals surface area contributed by atoms with Crippen LogP contribution in [-0.4, -0.2) is 62.0 Å². The fraction of sp³-hybridized carbons (Fsp3) is 0.900. The number of rotatable bonds is 3. The molecule has 0 bridgehead atoms. The van der Waals surface area contributed by atoms with Crippen molar-refractivity contribution in [3.8, 4) is 0 Å². The van der Waals surface area contributed by atoms with Gasteiger partial charge in [-0.1, -0.05) is 0 Å². The average Bonchev–Trinajstić information content (AvgIpc) is 2.40. The van der Waals surface area contributed by atoms with Gasteiger partial charge >= 0.3 is 0 Å². The maximum absolute atomic E-state index is 11.8. The number of carbonyl (C=O) groups excluding carboxylic acids is 1. The zero-order valence-electron chi connectivity index (χ0n) is 10.4. The topological polar surface area (TPSA) is 83.7 Å². The maximum Gasteiger partial charge on any atom is 0.224 e. The summed E-state index contributed by atoms with van der Waals surface area (Å²) in [7, 11) is -3.15. The monoisotopic (exact) mass is 263 g/mol. The highest BCUT2D eigenvalue weighted by Gasteiger charge is 2.23. The molecule has 0 aromatic carbocycles. The molecule has 1 rings (SSSR count). The van der Waals surface area contributed by atoms with Crippen molar-refractivity contribution in [1.82, 2.24) is 9.21 Å². The molecule has 1 heterocycles. The SMILES string of the molecule is CC(N)CC(=O)N1CCCN(S(C)(=O)=O)CC1. The second-order valence-electron chi connectivity index (χ2n) is 4.58. The summed E-state index contributed by atoms with van der Waals surface area (Å²) in [6.07, 6.45) is 2.20. The first kappa shape index (κ1) is 14.4. The van der Waals surface area contributed by atoms with Gasteiger partial charge in [0.2, 0.25) is 15.9 Å². The smallest absolute Gasteiger partial charge is 0.224 e. The van der Waals surface area contributed by atoms with E-state index in [4.69, 9.17) is 5.73 Å². The molecule has 1 fully saturated rings. The predicted octanol–water partition coefficient (Wildman–Crippen LogP) is -0.782. The van der Waals surface area contributed by atoms with E-state index < -0.39 is 10.0 Å². The first-order valence-electron chi connectivity index (χ1n) is 5.79. The van der Waals surface area contributed by atoms with Crippen LogP contribution in [-0.2, 0) is 14.8 Å². The number of sulfonamides is 1. The quantitative estimate of drug-likeness (QED) is 0.724. The summed E-state index contributed by atoms with van der Waals surface area (Å²) in [5.74, 6) is 0.00958. The van der Waals surface area contributed by atoms with Crippen LogP contribution in [0.4, 0.5) is 0 Å². The molecule has 0 aromatic heterocycles. The van der Waals surface area contributed by atoms with Gasteiger partial charge in [0.05, 0.1) is 6.26 Å². The van der Waals surface area contributed by atoms with E-state index in [1.54, 1.807) is 11.8 Å². The molecule has 0 aromatic rings. The van der Waals surface area contributed by atoms with Crippen molar-refractivity contribution in [1.29, 1.82) is 0 Å². The summed E-state index contributed by atoms with van der Waals surface area (Å²) in [6.45, 7) is 3.72. The Labute approximate surface area is 103 Å². The van der Waals surface area contributed by atoms with Gasteiger partial charge in [0.25, 0.3) is 0 Å². The molecule has 2 N–H and O–H groups in total. The third kappa shape index (κ3) is 4.61. The Morgan fingerprint density at radius 1 is 1.29 bits per heavy atom. The van der Waals surface area contributed by atoms with Crippen molar-refractivity contribution >= 4 is 15.9 Å². The van der Waals surface area contributed by atoms with Gasteiger partial charge in [-0.05, 0) is 13.3 Å². The van der Waals surface area contributed by atoms with Crippen molar-refractivity contribution in [2.75, 3.05) is 32.4 Å². The molecule has 7 heteroatoms. The molecule has 1 aliphatic heterocycles. The average molecular weight is 263 g/mol. The number of carbonyl (C=O) groups is 1. The Morgan fingerprint density at radius 2 is 1.94 bits per heavy atom. The highest BCUT2D eigenvalue weighted by molar-refractivity contribution is 7.88. The Bertz CT molecular complexity index is 367. The standard InChI is InChI=1S/C10H21N3O3S/c1-9(11)8-10(14)12-4-3-5-13(7-6-12)17(2,15)16/h9H,3-8,11H2,1-2H3. The van der Waals surface area contributed by atoms with Crippen molar-refractivity contribution in [3.05, 3.63) is 0 Å². The predicted molar refractivity (Wildman–Crippen MR) is 65.9 cm³/mol. The third-order valence-electron chi connectivity index (χ3n) is 2.77. The Balaban J connectivity index is 2.56. The first-order valence-corrected chi connectivity index (χ1v) is 7.64. The fourth-order valence-corrected chi connectivity index (χ4v) is 2.75. The van der Waals surface area contributed by atoms with Gasteiger partial charge in [-0.2, -0.15) is 0 Å². The molecule has 100 valence electrons. The highest BCUT2D eigenvalue weighted by Crippen LogP contribution is 2.08. The minimum Gasteiger partial charge on any atom is -0.341 e. The van der Waals surface area contributed by atoms with Gasteiger partial charge in [0.1, 0.15) is 0 Å². The van der Waals surface area contributed by atoms with Crippen LogP contribution >= 0.6 is 0 Å². The zero-order chi connectivity index (χ0) is 13.1.